The van der Waals surface area contributed by atoms with Crippen LogP contribution in [-0.2, 0) is 28.0 Å². The van der Waals surface area contributed by atoms with Crippen molar-refractivity contribution in [1.82, 2.24) is 0 Å². The molecular formula is C41H64O6Si2. The third-order valence-electron chi connectivity index (χ3n) is 11.2. The molecule has 0 spiro atoms. The Morgan fingerprint density at radius 2 is 1.18 bits per heavy atom. The van der Waals surface area contributed by atoms with Crippen LogP contribution in [-0.4, -0.2) is 52.5 Å². The number of esters is 1. The van der Waals surface area contributed by atoms with Crippen LogP contribution in [0.4, 0.5) is 0 Å². The Morgan fingerprint density at radius 3 is 1.57 bits per heavy atom. The number of rotatable bonds is 18. The Morgan fingerprint density at radius 1 is 0.735 bits per heavy atom. The molecule has 0 radical (unpaired) electrons. The summed E-state index contributed by atoms with van der Waals surface area (Å²) in [5.41, 5.74) is 1.72. The predicted molar refractivity (Wildman–Crippen MR) is 207 cm³/mol. The third kappa shape index (κ3) is 10.2. The zero-order valence-electron chi connectivity index (χ0n) is 32.9. The van der Waals surface area contributed by atoms with Crippen LogP contribution in [0.15, 0.2) is 71.8 Å². The summed E-state index contributed by atoms with van der Waals surface area (Å²) in [6.45, 7) is 28.0. The number of hydrogen-bond acceptors (Lipinski definition) is 6. The van der Waals surface area contributed by atoms with Crippen LogP contribution in [0.1, 0.15) is 107 Å². The molecule has 0 bridgehead atoms. The minimum absolute atomic E-state index is 0.158. The van der Waals surface area contributed by atoms with E-state index >= 15 is 0 Å². The molecule has 6 nitrogen and oxygen atoms in total. The van der Waals surface area contributed by atoms with Gasteiger partial charge in [-0.25, -0.2) is 4.79 Å². The summed E-state index contributed by atoms with van der Waals surface area (Å²) in [6, 6.07) is 22.7. The van der Waals surface area contributed by atoms with Gasteiger partial charge in [-0.05, 0) is 94.0 Å². The molecule has 2 aromatic carbocycles. The maximum Gasteiger partial charge on any atom is 0.335 e. The fourth-order valence-electron chi connectivity index (χ4n) is 6.07. The minimum atomic E-state index is -2.47. The van der Waals surface area contributed by atoms with E-state index in [1.807, 2.05) is 81.4 Å². The van der Waals surface area contributed by atoms with Crippen LogP contribution in [0.5, 0.6) is 0 Å². The molecule has 0 amide bonds. The summed E-state index contributed by atoms with van der Waals surface area (Å²) in [4.78, 5) is 42.1. The molecule has 1 unspecified atom stereocenters. The van der Waals surface area contributed by atoms with Crippen molar-refractivity contribution in [2.45, 2.75) is 150 Å². The highest BCUT2D eigenvalue weighted by Crippen LogP contribution is 2.41. The maximum absolute atomic E-state index is 14.4. The zero-order chi connectivity index (χ0) is 37.4. The highest BCUT2D eigenvalue weighted by atomic mass is 28.4. The smallest absolute Gasteiger partial charge is 0.335 e. The normalized spacial score (nSPS) is 15.3. The van der Waals surface area contributed by atoms with Crippen LogP contribution >= 0.6 is 0 Å². The molecule has 0 heterocycles. The van der Waals surface area contributed by atoms with Crippen molar-refractivity contribution >= 4 is 34.2 Å². The van der Waals surface area contributed by atoms with E-state index in [0.717, 1.165) is 29.3 Å². The van der Waals surface area contributed by atoms with Gasteiger partial charge in [0.05, 0.1) is 11.5 Å². The maximum atomic E-state index is 14.4. The number of hydrogen-bond donors (Lipinski definition) is 0. The molecule has 0 aliphatic heterocycles. The summed E-state index contributed by atoms with van der Waals surface area (Å²) in [5, 5.41) is -0.158. The van der Waals surface area contributed by atoms with Gasteiger partial charge in [0.1, 0.15) is 6.10 Å². The van der Waals surface area contributed by atoms with Crippen molar-refractivity contribution in [2.75, 3.05) is 0 Å². The molecule has 0 aliphatic rings. The molecule has 8 heteroatoms. The van der Waals surface area contributed by atoms with Crippen molar-refractivity contribution in [2.24, 2.45) is 5.41 Å². The van der Waals surface area contributed by atoms with Gasteiger partial charge in [-0.15, -0.1) is 0 Å². The van der Waals surface area contributed by atoms with Gasteiger partial charge >= 0.3 is 5.97 Å². The SMILES string of the molecule is CCC(O[Si](CC)(CC)CC)C(C)(C)C(=O)C(=O)/C(C)=C(\C)[C@H](C)OC(=O)[C@H](O[Si](C)(C)C(C)(C)C)C(c1ccccc1)c1ccccc1. The highest BCUT2D eigenvalue weighted by Gasteiger charge is 2.46. The summed E-state index contributed by atoms with van der Waals surface area (Å²) in [7, 11) is -4.49. The Kier molecular flexibility index (Phi) is 15.2. The van der Waals surface area contributed by atoms with E-state index in [2.05, 4.69) is 54.6 Å². The molecule has 0 saturated heterocycles. The molecule has 0 aromatic heterocycles. The van der Waals surface area contributed by atoms with Crippen LogP contribution < -0.4 is 0 Å². The molecule has 0 saturated carbocycles. The Balaban J connectivity index is 2.49. The second kappa shape index (κ2) is 17.5. The van der Waals surface area contributed by atoms with E-state index in [1.165, 1.54) is 0 Å². The first kappa shape index (κ1) is 42.5. The summed E-state index contributed by atoms with van der Waals surface area (Å²) in [5.74, 6) is -1.96. The van der Waals surface area contributed by atoms with Crippen molar-refractivity contribution < 1.29 is 28.0 Å². The summed E-state index contributed by atoms with van der Waals surface area (Å²) < 4.78 is 19.9. The first-order valence-corrected chi connectivity index (χ1v) is 23.6. The van der Waals surface area contributed by atoms with Crippen LogP contribution in [0.2, 0.25) is 36.3 Å². The standard InChI is InChI=1S/C41H64O6Si2/c1-15-34(46-49(16-2,17-3)18-4)41(11,12)38(43)36(42)30(6)29(5)31(7)45-39(44)37(47-48(13,14)40(8,9)10)35(32-25-21-19-22-26-32)33-27-23-20-24-28-33/h19-28,31,34-35,37H,15-18H2,1-14H3/b30-29+/t31-,34?,37+/m0/s1. The summed E-state index contributed by atoms with van der Waals surface area (Å²) >= 11 is 0. The molecule has 272 valence electrons. The first-order chi connectivity index (χ1) is 22.7. The molecule has 0 fully saturated rings. The average molecular weight is 709 g/mol. The lowest BCUT2D eigenvalue weighted by atomic mass is 9.77. The van der Waals surface area contributed by atoms with Crippen LogP contribution in [0.3, 0.4) is 0 Å². The zero-order valence-corrected chi connectivity index (χ0v) is 34.9. The van der Waals surface area contributed by atoms with Gasteiger partial charge in [0.15, 0.2) is 22.7 Å². The quantitative estimate of drug-likeness (QED) is 0.0664. The number of ketones is 2. The van der Waals surface area contributed by atoms with E-state index in [4.69, 9.17) is 13.6 Å². The average Bonchev–Trinajstić information content (AvgIpc) is 3.07. The largest absolute Gasteiger partial charge is 0.456 e. The predicted octanol–water partition coefficient (Wildman–Crippen LogP) is 10.4. The molecule has 2 aromatic rings. The number of carbonyl (C=O) groups is 3. The van der Waals surface area contributed by atoms with Gasteiger partial charge < -0.3 is 13.6 Å². The molecule has 0 N–H and O–H groups in total. The lowest BCUT2D eigenvalue weighted by molar-refractivity contribution is -0.156. The van der Waals surface area contributed by atoms with Gasteiger partial charge in [-0.2, -0.15) is 0 Å². The summed E-state index contributed by atoms with van der Waals surface area (Å²) in [6.07, 6.45) is -1.42. The minimum Gasteiger partial charge on any atom is -0.456 e. The van der Waals surface area contributed by atoms with E-state index in [9.17, 15) is 14.4 Å². The van der Waals surface area contributed by atoms with Gasteiger partial charge in [-0.3, -0.25) is 9.59 Å². The van der Waals surface area contributed by atoms with Gasteiger partial charge in [0.2, 0.25) is 11.6 Å². The lowest BCUT2D eigenvalue weighted by Gasteiger charge is -2.41. The number of Topliss-reactive ketones (excluding diaryl/α,β-unsaturated/α-hetero) is 2. The van der Waals surface area contributed by atoms with Gasteiger partial charge in [0.25, 0.3) is 0 Å². The number of benzene rings is 2. The molecule has 3 atom stereocenters. The fraction of sp³-hybridized carbons (Fsp3) is 0.585. The van der Waals surface area contributed by atoms with E-state index in [-0.39, 0.29) is 11.1 Å². The van der Waals surface area contributed by atoms with E-state index in [0.29, 0.717) is 17.6 Å². The molecular weight excluding hydrogens is 645 g/mol. The van der Waals surface area contributed by atoms with Crippen molar-refractivity contribution in [3.8, 4) is 0 Å². The molecule has 2 rings (SSSR count). The first-order valence-electron chi connectivity index (χ1n) is 18.2. The molecule has 49 heavy (non-hydrogen) atoms. The number of carbonyl (C=O) groups excluding carboxylic acids is 3. The van der Waals surface area contributed by atoms with E-state index in [1.54, 1.807) is 20.8 Å². The number of allylic oxidation sites excluding steroid dienone is 1. The Bertz CT molecular complexity index is 1370. The Labute approximate surface area is 299 Å². The molecule has 0 aliphatic carbocycles. The van der Waals surface area contributed by atoms with Gasteiger partial charge in [-0.1, -0.05) is 109 Å². The second-order valence-electron chi connectivity index (χ2n) is 15.6. The van der Waals surface area contributed by atoms with Crippen LogP contribution in [0, 0.1) is 5.41 Å². The topological polar surface area (TPSA) is 78.9 Å². The van der Waals surface area contributed by atoms with Gasteiger partial charge in [0, 0.05) is 11.5 Å². The highest BCUT2D eigenvalue weighted by molar-refractivity contribution is 6.74. The second-order valence-corrected chi connectivity index (χ2v) is 25.1. The third-order valence-corrected chi connectivity index (χ3v) is 20.3. The monoisotopic (exact) mass is 708 g/mol. The van der Waals surface area contributed by atoms with E-state index < -0.39 is 57.7 Å². The Hall–Kier alpha value is -2.66. The fourth-order valence-corrected chi connectivity index (χ4v) is 10.4. The lowest BCUT2D eigenvalue weighted by Crippen LogP contribution is -2.49. The van der Waals surface area contributed by atoms with Crippen LogP contribution in [0.25, 0.3) is 0 Å². The van der Waals surface area contributed by atoms with Crippen molar-refractivity contribution in [3.63, 3.8) is 0 Å². The van der Waals surface area contributed by atoms with Crippen molar-refractivity contribution in [3.05, 3.63) is 82.9 Å². The van der Waals surface area contributed by atoms with Crippen molar-refractivity contribution in [1.29, 1.82) is 0 Å². The number of ether oxygens (including phenoxy) is 1.